The number of anilines is 1. The molecule has 4 rings (SSSR count). The van der Waals surface area contributed by atoms with Gasteiger partial charge in [0, 0.05) is 27.9 Å². The normalized spacial score (nSPS) is 31.5. The maximum Gasteiger partial charge on any atom is 0.250 e. The van der Waals surface area contributed by atoms with E-state index in [0.29, 0.717) is 22.7 Å². The van der Waals surface area contributed by atoms with Gasteiger partial charge in [0.05, 0.1) is 11.8 Å². The van der Waals surface area contributed by atoms with E-state index in [1.54, 1.807) is 30.0 Å². The van der Waals surface area contributed by atoms with E-state index in [0.717, 1.165) is 5.75 Å². The zero-order valence-electron chi connectivity index (χ0n) is 16.3. The Labute approximate surface area is 173 Å². The zero-order valence-corrected chi connectivity index (χ0v) is 17.9. The lowest BCUT2D eigenvalue weighted by Gasteiger charge is -2.34. The third kappa shape index (κ3) is 2.56. The Bertz CT molecular complexity index is 884. The van der Waals surface area contributed by atoms with Gasteiger partial charge in [-0.25, -0.2) is 0 Å². The van der Waals surface area contributed by atoms with Crippen molar-refractivity contribution in [2.24, 2.45) is 11.8 Å². The first-order valence-corrected chi connectivity index (χ1v) is 11.2. The number of hydrogen-bond donors (Lipinski definition) is 2. The van der Waals surface area contributed by atoms with Gasteiger partial charge >= 0.3 is 0 Å². The Morgan fingerprint density at radius 2 is 1.93 bits per heavy atom. The van der Waals surface area contributed by atoms with E-state index in [1.807, 2.05) is 27.0 Å². The quantitative estimate of drug-likeness (QED) is 0.733. The van der Waals surface area contributed by atoms with Gasteiger partial charge in [0.15, 0.2) is 0 Å². The molecule has 1 aromatic rings. The van der Waals surface area contributed by atoms with Gasteiger partial charge in [0.1, 0.15) is 5.54 Å². The van der Waals surface area contributed by atoms with Crippen LogP contribution in [0, 0.1) is 11.8 Å². The van der Waals surface area contributed by atoms with Crippen molar-refractivity contribution < 1.29 is 14.4 Å². The van der Waals surface area contributed by atoms with E-state index in [-0.39, 0.29) is 23.8 Å². The number of rotatable bonds is 3. The maximum atomic E-state index is 13.5. The molecule has 1 aromatic carbocycles. The minimum absolute atomic E-state index is 0.193. The molecule has 0 bridgehead atoms. The second-order valence-electron chi connectivity index (χ2n) is 8.67. The lowest BCUT2D eigenvalue weighted by molar-refractivity contribution is -0.147. The summed E-state index contributed by atoms with van der Waals surface area (Å²) in [5, 5.41) is 6.80. The topological polar surface area (TPSA) is 78.5 Å². The number of carbonyl (C=O) groups is 3. The number of carbonyl (C=O) groups excluding carboxylic acids is 3. The first kappa shape index (κ1) is 19.7. The van der Waals surface area contributed by atoms with Crippen LogP contribution in [0.3, 0.4) is 0 Å². The van der Waals surface area contributed by atoms with Crippen LogP contribution in [-0.2, 0) is 19.9 Å². The van der Waals surface area contributed by atoms with Crippen molar-refractivity contribution in [1.82, 2.24) is 10.2 Å². The maximum absolute atomic E-state index is 13.5. The number of amides is 3. The monoisotopic (exact) mass is 421 g/mol. The molecule has 28 heavy (non-hydrogen) atoms. The van der Waals surface area contributed by atoms with Crippen LogP contribution in [-0.4, -0.2) is 46.2 Å². The third-order valence-corrected chi connectivity index (χ3v) is 6.86. The Balaban J connectivity index is 1.89. The average Bonchev–Trinajstić information content (AvgIpc) is 3.18. The van der Waals surface area contributed by atoms with Crippen LogP contribution < -0.4 is 10.6 Å². The van der Waals surface area contributed by atoms with Crippen LogP contribution >= 0.6 is 23.4 Å². The van der Waals surface area contributed by atoms with E-state index in [9.17, 15) is 14.4 Å². The summed E-state index contributed by atoms with van der Waals surface area (Å²) in [6.45, 7) is 5.54. The molecule has 0 unspecified atom stereocenters. The van der Waals surface area contributed by atoms with Gasteiger partial charge in [0.2, 0.25) is 17.7 Å². The first-order valence-electron chi connectivity index (χ1n) is 9.39. The van der Waals surface area contributed by atoms with Gasteiger partial charge in [-0.2, -0.15) is 11.8 Å². The molecule has 0 aliphatic carbocycles. The van der Waals surface area contributed by atoms with Gasteiger partial charge in [-0.1, -0.05) is 11.6 Å². The number of nitrogens with one attached hydrogen (secondary N) is 2. The second kappa shape index (κ2) is 6.47. The summed E-state index contributed by atoms with van der Waals surface area (Å²) < 4.78 is 0. The van der Waals surface area contributed by atoms with Gasteiger partial charge < -0.3 is 5.32 Å². The van der Waals surface area contributed by atoms with Crippen molar-refractivity contribution in [2.45, 2.75) is 44.3 Å². The minimum atomic E-state index is -1.26. The molecule has 2 saturated heterocycles. The van der Waals surface area contributed by atoms with Crippen molar-refractivity contribution in [3.05, 3.63) is 28.8 Å². The van der Waals surface area contributed by atoms with E-state index >= 15 is 0 Å². The highest BCUT2D eigenvalue weighted by Crippen LogP contribution is 2.54. The van der Waals surface area contributed by atoms with E-state index in [2.05, 4.69) is 10.6 Å². The fraction of sp³-hybridized carbons (Fsp3) is 0.550. The summed E-state index contributed by atoms with van der Waals surface area (Å²) in [6, 6.07) is 4.93. The van der Waals surface area contributed by atoms with Crippen LogP contribution in [0.4, 0.5) is 5.69 Å². The highest BCUT2D eigenvalue weighted by molar-refractivity contribution is 7.98. The molecule has 2 fully saturated rings. The molecule has 3 aliphatic rings. The number of hydrogen-bond acceptors (Lipinski definition) is 5. The molecule has 0 radical (unpaired) electrons. The summed E-state index contributed by atoms with van der Waals surface area (Å²) in [5.74, 6) is -1.27. The molecule has 1 spiro atoms. The van der Waals surface area contributed by atoms with E-state index in [4.69, 9.17) is 11.6 Å². The molecular formula is C20H24ClN3O3S. The lowest BCUT2D eigenvalue weighted by atomic mass is 9.76. The smallest absolute Gasteiger partial charge is 0.250 e. The summed E-state index contributed by atoms with van der Waals surface area (Å²) >= 11 is 7.91. The standard InChI is InChI=1S/C20H24ClN3O3S/c1-19(2,3)24-16(25)14-13(7-8-28-4)23-20(15(14)17(24)26)11-9-10(21)5-6-12(11)22-18(20)27/h5-6,9,13-15,23H,7-8H2,1-4H3,(H,22,27)/t13-,14+,15-,20+/m0/s1. The van der Waals surface area contributed by atoms with Gasteiger partial charge in [-0.15, -0.1) is 0 Å². The van der Waals surface area contributed by atoms with Crippen LogP contribution in [0.1, 0.15) is 32.8 Å². The fourth-order valence-electron chi connectivity index (χ4n) is 4.93. The van der Waals surface area contributed by atoms with Crippen molar-refractivity contribution in [1.29, 1.82) is 0 Å². The second-order valence-corrected chi connectivity index (χ2v) is 10.1. The highest BCUT2D eigenvalue weighted by Gasteiger charge is 2.71. The summed E-state index contributed by atoms with van der Waals surface area (Å²) in [5.41, 5.74) is -0.610. The number of halogens is 1. The molecule has 3 aliphatic heterocycles. The van der Waals surface area contributed by atoms with Gasteiger partial charge in [-0.05, 0) is 57.4 Å². The summed E-state index contributed by atoms with van der Waals surface area (Å²) in [4.78, 5) is 41.4. The average molecular weight is 422 g/mol. The Hall–Kier alpha value is -1.57. The molecular weight excluding hydrogens is 398 g/mol. The van der Waals surface area contributed by atoms with Gasteiger partial charge in [-0.3, -0.25) is 24.6 Å². The number of fused-ring (bicyclic) bond motifs is 4. The van der Waals surface area contributed by atoms with Crippen LogP contribution in [0.2, 0.25) is 5.02 Å². The Morgan fingerprint density at radius 1 is 1.21 bits per heavy atom. The molecule has 6 nitrogen and oxygen atoms in total. The molecule has 2 N–H and O–H groups in total. The van der Waals surface area contributed by atoms with Crippen molar-refractivity contribution in [2.75, 3.05) is 17.3 Å². The third-order valence-electron chi connectivity index (χ3n) is 5.98. The number of benzene rings is 1. The minimum Gasteiger partial charge on any atom is -0.324 e. The molecule has 3 heterocycles. The molecule has 150 valence electrons. The number of nitrogens with zero attached hydrogens (tertiary/aromatic N) is 1. The van der Waals surface area contributed by atoms with E-state index < -0.39 is 22.9 Å². The first-order chi connectivity index (χ1) is 13.1. The summed E-state index contributed by atoms with van der Waals surface area (Å²) in [7, 11) is 0. The predicted molar refractivity (Wildman–Crippen MR) is 110 cm³/mol. The SMILES string of the molecule is CSCC[C@@H]1N[C@@]2(C(=O)Nc3ccc(Cl)cc32)[C@@H]2C(=O)N(C(C)(C)C)C(=O)[C@H]12. The summed E-state index contributed by atoms with van der Waals surface area (Å²) in [6.07, 6.45) is 2.70. The zero-order chi connectivity index (χ0) is 20.4. The van der Waals surface area contributed by atoms with Crippen LogP contribution in [0.5, 0.6) is 0 Å². The molecule has 0 aromatic heterocycles. The van der Waals surface area contributed by atoms with Gasteiger partial charge in [0.25, 0.3) is 0 Å². The number of thioether (sulfide) groups is 1. The molecule has 3 amide bonds. The van der Waals surface area contributed by atoms with Crippen LogP contribution in [0.25, 0.3) is 0 Å². The highest BCUT2D eigenvalue weighted by atomic mass is 35.5. The molecule has 4 atom stereocenters. The van der Waals surface area contributed by atoms with E-state index in [1.165, 1.54) is 4.90 Å². The molecule has 0 saturated carbocycles. The fourth-order valence-corrected chi connectivity index (χ4v) is 5.59. The number of likely N-dealkylation sites (tertiary alicyclic amines) is 1. The number of imide groups is 1. The molecule has 8 heteroatoms. The van der Waals surface area contributed by atoms with Crippen molar-refractivity contribution in [3.63, 3.8) is 0 Å². The largest absolute Gasteiger partial charge is 0.324 e. The predicted octanol–water partition coefficient (Wildman–Crippen LogP) is 2.61. The Morgan fingerprint density at radius 3 is 2.57 bits per heavy atom. The van der Waals surface area contributed by atoms with Crippen molar-refractivity contribution >= 4 is 46.8 Å². The van der Waals surface area contributed by atoms with Crippen molar-refractivity contribution in [3.8, 4) is 0 Å². The lowest BCUT2D eigenvalue weighted by Crippen LogP contribution is -2.55. The van der Waals surface area contributed by atoms with Crippen LogP contribution in [0.15, 0.2) is 18.2 Å². The Kier molecular flexibility index (Phi) is 4.56.